The highest BCUT2D eigenvalue weighted by atomic mass is 35.5. The molecule has 1 aliphatic rings. The molecule has 0 radical (unpaired) electrons. The van der Waals surface area contributed by atoms with Crippen molar-refractivity contribution in [3.63, 3.8) is 0 Å². The molecule has 1 fully saturated rings. The molecule has 0 unspecified atom stereocenters. The van der Waals surface area contributed by atoms with Crippen LogP contribution in [0.3, 0.4) is 0 Å². The largest absolute Gasteiger partial charge is 0.477 e. The van der Waals surface area contributed by atoms with Crippen LogP contribution in [0, 0.1) is 5.92 Å². The van der Waals surface area contributed by atoms with Crippen molar-refractivity contribution in [3.8, 4) is 5.88 Å². The molecule has 0 amide bonds. The minimum absolute atomic E-state index is 0.402. The Labute approximate surface area is 125 Å². The first-order chi connectivity index (χ1) is 9.65. The number of hydrogen-bond acceptors (Lipinski definition) is 4. The van der Waals surface area contributed by atoms with Crippen molar-refractivity contribution in [2.24, 2.45) is 5.92 Å². The molecule has 1 N–H and O–H groups in total. The van der Waals surface area contributed by atoms with Gasteiger partial charge in [0.05, 0.1) is 17.3 Å². The lowest BCUT2D eigenvalue weighted by Gasteiger charge is -2.22. The van der Waals surface area contributed by atoms with Gasteiger partial charge in [0.25, 0.3) is 0 Å². The molecule has 0 saturated carbocycles. The van der Waals surface area contributed by atoms with Crippen molar-refractivity contribution in [1.82, 2.24) is 10.3 Å². The van der Waals surface area contributed by atoms with Crippen LogP contribution in [0.25, 0.3) is 0 Å². The molecular weight excluding hydrogens is 276 g/mol. The van der Waals surface area contributed by atoms with Crippen molar-refractivity contribution >= 4 is 11.6 Å². The summed E-state index contributed by atoms with van der Waals surface area (Å²) < 4.78 is 11.1. The van der Waals surface area contributed by atoms with E-state index in [9.17, 15) is 0 Å². The van der Waals surface area contributed by atoms with E-state index < -0.39 is 0 Å². The van der Waals surface area contributed by atoms with Crippen LogP contribution in [0.5, 0.6) is 5.88 Å². The maximum atomic E-state index is 6.15. The second-order valence-electron chi connectivity index (χ2n) is 5.48. The monoisotopic (exact) mass is 298 g/mol. The zero-order valence-electron chi connectivity index (χ0n) is 12.2. The van der Waals surface area contributed by atoms with Gasteiger partial charge >= 0.3 is 0 Å². The molecule has 2 rings (SSSR count). The molecule has 5 heteroatoms. The van der Waals surface area contributed by atoms with Gasteiger partial charge in [0.2, 0.25) is 5.88 Å². The number of nitrogens with one attached hydrogen (secondary N) is 1. The molecule has 1 aliphatic heterocycles. The van der Waals surface area contributed by atoms with Crippen molar-refractivity contribution in [2.45, 2.75) is 39.3 Å². The summed E-state index contributed by atoms with van der Waals surface area (Å²) >= 11 is 6.15. The van der Waals surface area contributed by atoms with Crippen LogP contribution in [0.2, 0.25) is 5.02 Å². The Balaban J connectivity index is 1.89. The zero-order valence-corrected chi connectivity index (χ0v) is 12.9. The molecular formula is C15H23ClN2O2. The molecule has 0 aromatic carbocycles. The third-order valence-corrected chi connectivity index (χ3v) is 3.72. The fraction of sp³-hybridized carbons (Fsp3) is 0.667. The van der Waals surface area contributed by atoms with E-state index in [1.807, 2.05) is 12.1 Å². The highest BCUT2D eigenvalue weighted by molar-refractivity contribution is 6.31. The van der Waals surface area contributed by atoms with Crippen molar-refractivity contribution < 1.29 is 9.47 Å². The van der Waals surface area contributed by atoms with Crippen LogP contribution in [0.1, 0.15) is 32.4 Å². The SMILES string of the molecule is CC(C)NCc1nc(OCC2CCOCC2)ccc1Cl. The smallest absolute Gasteiger partial charge is 0.213 e. The van der Waals surface area contributed by atoms with E-state index >= 15 is 0 Å². The average Bonchev–Trinajstić information content (AvgIpc) is 2.46. The molecule has 2 heterocycles. The van der Waals surface area contributed by atoms with Crippen molar-refractivity contribution in [2.75, 3.05) is 19.8 Å². The molecule has 0 spiro atoms. The van der Waals surface area contributed by atoms with Gasteiger partial charge in [-0.2, -0.15) is 0 Å². The van der Waals surface area contributed by atoms with Gasteiger partial charge in [0.1, 0.15) is 0 Å². The Morgan fingerprint density at radius 2 is 2.15 bits per heavy atom. The molecule has 1 saturated heterocycles. The second kappa shape index (κ2) is 7.81. The second-order valence-corrected chi connectivity index (χ2v) is 5.89. The lowest BCUT2D eigenvalue weighted by atomic mass is 10.0. The molecule has 4 nitrogen and oxygen atoms in total. The van der Waals surface area contributed by atoms with Gasteiger partial charge in [-0.05, 0) is 24.8 Å². The van der Waals surface area contributed by atoms with Gasteiger partial charge in [-0.15, -0.1) is 0 Å². The molecule has 0 aliphatic carbocycles. The predicted octanol–water partition coefficient (Wildman–Crippen LogP) is 3.04. The maximum absolute atomic E-state index is 6.15. The van der Waals surface area contributed by atoms with E-state index in [1.54, 1.807) is 0 Å². The highest BCUT2D eigenvalue weighted by Crippen LogP contribution is 2.20. The zero-order chi connectivity index (χ0) is 14.4. The number of rotatable bonds is 6. The molecule has 0 bridgehead atoms. The first-order valence-electron chi connectivity index (χ1n) is 7.24. The summed E-state index contributed by atoms with van der Waals surface area (Å²) in [5, 5.41) is 3.99. The van der Waals surface area contributed by atoms with Crippen LogP contribution in [0.4, 0.5) is 0 Å². The normalized spacial score (nSPS) is 16.6. The van der Waals surface area contributed by atoms with Gasteiger partial charge in [-0.3, -0.25) is 0 Å². The Hall–Kier alpha value is -0.840. The fourth-order valence-electron chi connectivity index (χ4n) is 2.09. The molecule has 112 valence electrons. The van der Waals surface area contributed by atoms with E-state index in [0.29, 0.717) is 36.0 Å². The van der Waals surface area contributed by atoms with Crippen LogP contribution in [-0.4, -0.2) is 30.8 Å². The first-order valence-corrected chi connectivity index (χ1v) is 7.62. The summed E-state index contributed by atoms with van der Waals surface area (Å²) in [4.78, 5) is 4.48. The van der Waals surface area contributed by atoms with E-state index in [1.165, 1.54) is 0 Å². The summed E-state index contributed by atoms with van der Waals surface area (Å²) in [7, 11) is 0. The standard InChI is InChI=1S/C15H23ClN2O2/c1-11(2)17-9-14-13(16)3-4-15(18-14)20-10-12-5-7-19-8-6-12/h3-4,11-12,17H,5-10H2,1-2H3. The molecule has 0 atom stereocenters. The molecule has 20 heavy (non-hydrogen) atoms. The first kappa shape index (κ1) is 15.5. The Bertz CT molecular complexity index is 420. The van der Waals surface area contributed by atoms with E-state index in [0.717, 1.165) is 31.7 Å². The maximum Gasteiger partial charge on any atom is 0.213 e. The quantitative estimate of drug-likeness (QED) is 0.876. The number of ether oxygens (including phenoxy) is 2. The number of nitrogens with zero attached hydrogens (tertiary/aromatic N) is 1. The lowest BCUT2D eigenvalue weighted by molar-refractivity contribution is 0.0490. The topological polar surface area (TPSA) is 43.4 Å². The van der Waals surface area contributed by atoms with Crippen LogP contribution < -0.4 is 10.1 Å². The number of halogens is 1. The van der Waals surface area contributed by atoms with E-state index in [2.05, 4.69) is 24.1 Å². The van der Waals surface area contributed by atoms with E-state index in [4.69, 9.17) is 21.1 Å². The molecule has 1 aromatic rings. The van der Waals surface area contributed by atoms with Gasteiger partial charge in [-0.25, -0.2) is 4.98 Å². The summed E-state index contributed by atoms with van der Waals surface area (Å²) in [6.45, 7) is 7.23. The number of aromatic nitrogens is 1. The van der Waals surface area contributed by atoms with Gasteiger partial charge < -0.3 is 14.8 Å². The highest BCUT2D eigenvalue weighted by Gasteiger charge is 2.15. The van der Waals surface area contributed by atoms with Crippen molar-refractivity contribution in [3.05, 3.63) is 22.8 Å². The minimum Gasteiger partial charge on any atom is -0.477 e. The summed E-state index contributed by atoms with van der Waals surface area (Å²) in [6.07, 6.45) is 2.13. The number of hydrogen-bond donors (Lipinski definition) is 1. The van der Waals surface area contributed by atoms with Gasteiger partial charge in [0.15, 0.2) is 0 Å². The predicted molar refractivity (Wildman–Crippen MR) is 80.3 cm³/mol. The third kappa shape index (κ3) is 4.93. The van der Waals surface area contributed by atoms with Crippen LogP contribution in [-0.2, 0) is 11.3 Å². The Kier molecular flexibility index (Phi) is 6.07. The van der Waals surface area contributed by atoms with Crippen molar-refractivity contribution in [1.29, 1.82) is 0 Å². The molecule has 1 aromatic heterocycles. The van der Waals surface area contributed by atoms with Crippen LogP contribution >= 0.6 is 11.6 Å². The van der Waals surface area contributed by atoms with Gasteiger partial charge in [0, 0.05) is 31.9 Å². The number of pyridine rings is 1. The fourth-order valence-corrected chi connectivity index (χ4v) is 2.26. The summed E-state index contributed by atoms with van der Waals surface area (Å²) in [6, 6.07) is 4.09. The lowest BCUT2D eigenvalue weighted by Crippen LogP contribution is -2.23. The van der Waals surface area contributed by atoms with E-state index in [-0.39, 0.29) is 0 Å². The summed E-state index contributed by atoms with van der Waals surface area (Å²) in [5.41, 5.74) is 0.838. The summed E-state index contributed by atoms with van der Waals surface area (Å²) in [5.74, 6) is 1.22. The Morgan fingerprint density at radius 3 is 2.85 bits per heavy atom. The van der Waals surface area contributed by atoms with Crippen LogP contribution in [0.15, 0.2) is 12.1 Å². The third-order valence-electron chi connectivity index (χ3n) is 3.38. The average molecular weight is 299 g/mol. The Morgan fingerprint density at radius 1 is 1.40 bits per heavy atom. The van der Waals surface area contributed by atoms with Gasteiger partial charge in [-0.1, -0.05) is 25.4 Å². The minimum atomic E-state index is 0.402.